The van der Waals surface area contributed by atoms with Crippen molar-refractivity contribution < 1.29 is 14.6 Å². The molecule has 0 aromatic carbocycles. The van der Waals surface area contributed by atoms with Crippen molar-refractivity contribution in [3.8, 4) is 0 Å². The first-order chi connectivity index (χ1) is 11.5. The number of aromatic nitrogens is 1. The molecule has 1 aromatic rings. The Bertz CT molecular complexity index is 589. The second-order valence-electron chi connectivity index (χ2n) is 7.69. The molecule has 1 unspecified atom stereocenters. The maximum Gasteiger partial charge on any atom is 0.410 e. The summed E-state index contributed by atoms with van der Waals surface area (Å²) in [4.78, 5) is 20.5. The molecule has 0 saturated carbocycles. The molecule has 1 saturated heterocycles. The minimum Gasteiger partial charge on any atom is -0.444 e. The van der Waals surface area contributed by atoms with Crippen LogP contribution in [0.4, 0.5) is 10.6 Å². The molecular formula is C18H28IN3O3. The number of hydrogen-bond donors (Lipinski definition) is 1. The molecule has 2 rings (SSSR count). The molecule has 1 N–H and O–H groups in total. The van der Waals surface area contributed by atoms with Crippen LogP contribution in [0.15, 0.2) is 18.3 Å². The second-order valence-corrected chi connectivity index (χ2v) is 9.33. The van der Waals surface area contributed by atoms with Gasteiger partial charge in [-0.2, -0.15) is 0 Å². The van der Waals surface area contributed by atoms with Crippen LogP contribution in [0, 0.1) is 5.92 Å². The van der Waals surface area contributed by atoms with E-state index in [1.807, 2.05) is 46.8 Å². The van der Waals surface area contributed by atoms with Crippen molar-refractivity contribution in [3.63, 3.8) is 0 Å². The third kappa shape index (κ3) is 5.20. The molecule has 1 aliphatic heterocycles. The zero-order valence-electron chi connectivity index (χ0n) is 15.6. The Morgan fingerprint density at radius 2 is 1.84 bits per heavy atom. The molecule has 0 radical (unpaired) electrons. The van der Waals surface area contributed by atoms with Crippen molar-refractivity contribution in [2.24, 2.45) is 5.92 Å². The van der Waals surface area contributed by atoms with Crippen LogP contribution in [0.5, 0.6) is 0 Å². The highest BCUT2D eigenvalue weighted by Gasteiger charge is 2.30. The SMILES string of the molecule is CC(C)C(O)(I)c1ccc(N2CCN(C(=O)OC(C)(C)C)CC2)nc1. The molecule has 0 spiro atoms. The maximum absolute atomic E-state index is 12.1. The normalized spacial score (nSPS) is 18.2. The van der Waals surface area contributed by atoms with Crippen molar-refractivity contribution in [1.82, 2.24) is 9.88 Å². The predicted molar refractivity (Wildman–Crippen MR) is 107 cm³/mol. The lowest BCUT2D eigenvalue weighted by atomic mass is 10.0. The van der Waals surface area contributed by atoms with Crippen LogP contribution < -0.4 is 4.90 Å². The number of pyridine rings is 1. The second kappa shape index (κ2) is 7.65. The van der Waals surface area contributed by atoms with Gasteiger partial charge in [-0.1, -0.05) is 19.9 Å². The maximum atomic E-state index is 12.1. The first kappa shape index (κ1) is 20.2. The van der Waals surface area contributed by atoms with E-state index in [2.05, 4.69) is 32.5 Å². The summed E-state index contributed by atoms with van der Waals surface area (Å²) < 4.78 is 4.50. The molecule has 0 bridgehead atoms. The van der Waals surface area contributed by atoms with E-state index in [1.165, 1.54) is 0 Å². The number of ether oxygens (including phenoxy) is 1. The molecule has 1 fully saturated rings. The van der Waals surface area contributed by atoms with Crippen LogP contribution in [0.1, 0.15) is 40.2 Å². The molecule has 140 valence electrons. The number of aliphatic hydroxyl groups is 1. The summed E-state index contributed by atoms with van der Waals surface area (Å²) in [5.74, 6) is 0.960. The van der Waals surface area contributed by atoms with Gasteiger partial charge in [0.15, 0.2) is 0 Å². The number of nitrogens with zero attached hydrogens (tertiary/aromatic N) is 3. The summed E-state index contributed by atoms with van der Waals surface area (Å²) in [5.41, 5.74) is 0.331. The third-order valence-corrected chi connectivity index (χ3v) is 6.04. The lowest BCUT2D eigenvalue weighted by Crippen LogP contribution is -2.50. The fourth-order valence-electron chi connectivity index (χ4n) is 2.56. The van der Waals surface area contributed by atoms with Crippen molar-refractivity contribution >= 4 is 34.5 Å². The topological polar surface area (TPSA) is 65.9 Å². The molecule has 7 heteroatoms. The molecule has 1 atom stereocenters. The number of hydrogen-bond acceptors (Lipinski definition) is 5. The highest BCUT2D eigenvalue weighted by atomic mass is 127. The standard InChI is InChI=1S/C18H28IN3O3/c1-13(2)18(19,24)14-6-7-15(20-12-14)21-8-10-22(11-9-21)16(23)25-17(3,4)5/h6-7,12-13,24H,8-11H2,1-5H3. The van der Waals surface area contributed by atoms with E-state index in [0.29, 0.717) is 26.2 Å². The van der Waals surface area contributed by atoms with Crippen LogP contribution in [0.2, 0.25) is 0 Å². The van der Waals surface area contributed by atoms with E-state index in [9.17, 15) is 9.90 Å². The number of rotatable bonds is 3. The largest absolute Gasteiger partial charge is 0.444 e. The van der Waals surface area contributed by atoms with E-state index >= 15 is 0 Å². The van der Waals surface area contributed by atoms with Gasteiger partial charge in [0.2, 0.25) is 0 Å². The molecule has 6 nitrogen and oxygen atoms in total. The highest BCUT2D eigenvalue weighted by molar-refractivity contribution is 14.1. The molecule has 1 amide bonds. The Morgan fingerprint density at radius 1 is 1.24 bits per heavy atom. The zero-order valence-corrected chi connectivity index (χ0v) is 17.8. The van der Waals surface area contributed by atoms with Gasteiger partial charge in [-0.25, -0.2) is 9.78 Å². The van der Waals surface area contributed by atoms with Gasteiger partial charge in [0.1, 0.15) is 15.0 Å². The van der Waals surface area contributed by atoms with Crippen molar-refractivity contribution in [2.45, 2.75) is 43.8 Å². The lowest BCUT2D eigenvalue weighted by molar-refractivity contribution is 0.0240. The van der Waals surface area contributed by atoms with Gasteiger partial charge in [0.05, 0.1) is 0 Å². The number of alkyl halides is 1. The van der Waals surface area contributed by atoms with Gasteiger partial charge >= 0.3 is 6.09 Å². The number of amides is 1. The summed E-state index contributed by atoms with van der Waals surface area (Å²) in [6, 6.07) is 3.86. The number of carbonyl (C=O) groups is 1. The van der Waals surface area contributed by atoms with Gasteiger partial charge in [-0.05, 0) is 55.3 Å². The summed E-state index contributed by atoms with van der Waals surface area (Å²) >= 11 is 2.06. The quantitative estimate of drug-likeness (QED) is 0.553. The van der Waals surface area contributed by atoms with E-state index in [0.717, 1.165) is 11.4 Å². The van der Waals surface area contributed by atoms with Crippen LogP contribution in [-0.4, -0.2) is 52.9 Å². The first-order valence-corrected chi connectivity index (χ1v) is 9.69. The minimum atomic E-state index is -0.918. The Balaban J connectivity index is 1.96. The van der Waals surface area contributed by atoms with Gasteiger partial charge in [-0.15, -0.1) is 0 Å². The number of piperazine rings is 1. The van der Waals surface area contributed by atoms with E-state index in [-0.39, 0.29) is 12.0 Å². The summed E-state index contributed by atoms with van der Waals surface area (Å²) in [7, 11) is 0. The Hall–Kier alpha value is -1.09. The average Bonchev–Trinajstić information content (AvgIpc) is 2.53. The van der Waals surface area contributed by atoms with E-state index < -0.39 is 9.21 Å². The number of carbonyl (C=O) groups excluding carboxylic acids is 1. The van der Waals surface area contributed by atoms with Gasteiger partial charge < -0.3 is 19.6 Å². The van der Waals surface area contributed by atoms with Gasteiger partial charge in [0.25, 0.3) is 0 Å². The number of anilines is 1. The van der Waals surface area contributed by atoms with Crippen LogP contribution in [-0.2, 0) is 8.34 Å². The molecule has 25 heavy (non-hydrogen) atoms. The third-order valence-electron chi connectivity index (χ3n) is 4.17. The van der Waals surface area contributed by atoms with Crippen LogP contribution in [0.25, 0.3) is 0 Å². The van der Waals surface area contributed by atoms with Crippen molar-refractivity contribution in [1.29, 1.82) is 0 Å². The van der Waals surface area contributed by atoms with Gasteiger partial charge in [0, 0.05) is 37.9 Å². The van der Waals surface area contributed by atoms with Gasteiger partial charge in [-0.3, -0.25) is 0 Å². The van der Waals surface area contributed by atoms with E-state index in [1.54, 1.807) is 11.1 Å². The Kier molecular flexibility index (Phi) is 6.19. The highest BCUT2D eigenvalue weighted by Crippen LogP contribution is 2.36. The fourth-order valence-corrected chi connectivity index (χ4v) is 2.88. The minimum absolute atomic E-state index is 0.0955. The van der Waals surface area contributed by atoms with Crippen molar-refractivity contribution in [3.05, 3.63) is 23.9 Å². The summed E-state index contributed by atoms with van der Waals surface area (Å²) in [6.45, 7) is 12.2. The smallest absolute Gasteiger partial charge is 0.410 e. The summed E-state index contributed by atoms with van der Waals surface area (Å²) in [6.07, 6.45) is 1.48. The van der Waals surface area contributed by atoms with E-state index in [4.69, 9.17) is 4.74 Å². The van der Waals surface area contributed by atoms with Crippen LogP contribution >= 0.6 is 22.6 Å². The Labute approximate surface area is 163 Å². The van der Waals surface area contributed by atoms with Crippen LogP contribution in [0.3, 0.4) is 0 Å². The lowest BCUT2D eigenvalue weighted by Gasteiger charge is -2.36. The average molecular weight is 461 g/mol. The van der Waals surface area contributed by atoms with Crippen molar-refractivity contribution in [2.75, 3.05) is 31.1 Å². The zero-order chi connectivity index (χ0) is 18.8. The monoisotopic (exact) mass is 461 g/mol. The predicted octanol–water partition coefficient (Wildman–Crippen LogP) is 3.37. The molecule has 0 aliphatic carbocycles. The molecular weight excluding hydrogens is 433 g/mol. The molecule has 1 aromatic heterocycles. The molecule has 2 heterocycles. The Morgan fingerprint density at radius 3 is 2.28 bits per heavy atom. The summed E-state index contributed by atoms with van der Waals surface area (Å²) in [5, 5.41) is 10.5. The number of halogens is 1. The first-order valence-electron chi connectivity index (χ1n) is 8.61. The fraction of sp³-hybridized carbons (Fsp3) is 0.667. The molecule has 1 aliphatic rings.